The first-order valence-electron chi connectivity index (χ1n) is 6.36. The molecule has 21 heavy (non-hydrogen) atoms. The van der Waals surface area contributed by atoms with Crippen LogP contribution in [-0.4, -0.2) is 36.5 Å². The van der Waals surface area contributed by atoms with Crippen molar-refractivity contribution >= 4 is 58.6 Å². The van der Waals surface area contributed by atoms with Gasteiger partial charge in [-0.3, -0.25) is 4.79 Å². The van der Waals surface area contributed by atoms with E-state index in [2.05, 4.69) is 6.92 Å². The first kappa shape index (κ1) is 17.0. The van der Waals surface area contributed by atoms with Gasteiger partial charge in [-0.15, -0.1) is 0 Å². The Morgan fingerprint density at radius 3 is 2.57 bits per heavy atom. The molecule has 0 aromatic heterocycles. The SMILES string of the molecule is COC(=O)CN1SN(c2c(Cl)cc(Cl)cc2Cl)CCC1C. The van der Waals surface area contributed by atoms with Crippen molar-refractivity contribution in [3.8, 4) is 0 Å². The fourth-order valence-electron chi connectivity index (χ4n) is 2.00. The molecule has 0 spiro atoms. The first-order chi connectivity index (χ1) is 9.92. The van der Waals surface area contributed by atoms with Crippen LogP contribution in [0.4, 0.5) is 5.69 Å². The normalized spacial score (nSPS) is 19.7. The second-order valence-corrected chi connectivity index (χ2v) is 7.01. The average molecular weight is 370 g/mol. The van der Waals surface area contributed by atoms with E-state index in [-0.39, 0.29) is 18.6 Å². The highest BCUT2D eigenvalue weighted by Crippen LogP contribution is 2.42. The molecule has 1 aromatic rings. The first-order valence-corrected chi connectivity index (χ1v) is 8.22. The van der Waals surface area contributed by atoms with E-state index in [1.165, 1.54) is 19.2 Å². The molecule has 8 heteroatoms. The minimum atomic E-state index is -0.274. The van der Waals surface area contributed by atoms with E-state index in [1.54, 1.807) is 12.1 Å². The maximum Gasteiger partial charge on any atom is 0.320 e. The zero-order valence-corrected chi connectivity index (χ0v) is 14.7. The monoisotopic (exact) mass is 368 g/mol. The van der Waals surface area contributed by atoms with E-state index in [9.17, 15) is 4.79 Å². The van der Waals surface area contributed by atoms with Gasteiger partial charge in [0.1, 0.15) is 6.54 Å². The van der Waals surface area contributed by atoms with Crippen molar-refractivity contribution in [2.45, 2.75) is 19.4 Å². The number of nitrogens with zero attached hydrogens (tertiary/aromatic N) is 2. The minimum absolute atomic E-state index is 0.210. The summed E-state index contributed by atoms with van der Waals surface area (Å²) in [7, 11) is 1.38. The smallest absolute Gasteiger partial charge is 0.320 e. The molecule has 1 unspecified atom stereocenters. The molecule has 0 amide bonds. The summed E-state index contributed by atoms with van der Waals surface area (Å²) in [5.41, 5.74) is 0.717. The van der Waals surface area contributed by atoms with Crippen molar-refractivity contribution in [3.05, 3.63) is 27.2 Å². The highest BCUT2D eigenvalue weighted by molar-refractivity contribution is 7.98. The van der Waals surface area contributed by atoms with Crippen molar-refractivity contribution in [1.29, 1.82) is 0 Å². The largest absolute Gasteiger partial charge is 0.468 e. The van der Waals surface area contributed by atoms with E-state index >= 15 is 0 Å². The second-order valence-electron chi connectivity index (χ2n) is 4.69. The number of hydrogen-bond acceptors (Lipinski definition) is 5. The van der Waals surface area contributed by atoms with E-state index in [0.29, 0.717) is 15.1 Å². The summed E-state index contributed by atoms with van der Waals surface area (Å²) in [5.74, 6) is -0.274. The van der Waals surface area contributed by atoms with Crippen LogP contribution in [0, 0.1) is 0 Å². The highest BCUT2D eigenvalue weighted by atomic mass is 35.5. The summed E-state index contributed by atoms with van der Waals surface area (Å²) in [5, 5.41) is 1.48. The van der Waals surface area contributed by atoms with Crippen LogP contribution in [-0.2, 0) is 9.53 Å². The number of esters is 1. The lowest BCUT2D eigenvalue weighted by molar-refractivity contribution is -0.141. The summed E-state index contributed by atoms with van der Waals surface area (Å²) < 4.78 is 8.65. The Bertz CT molecular complexity index is 521. The van der Waals surface area contributed by atoms with Gasteiger partial charge in [-0.25, -0.2) is 4.31 Å². The van der Waals surface area contributed by atoms with Gasteiger partial charge in [0.2, 0.25) is 0 Å². The van der Waals surface area contributed by atoms with E-state index in [1.807, 2.05) is 8.61 Å². The van der Waals surface area contributed by atoms with Gasteiger partial charge in [0, 0.05) is 29.7 Å². The molecular formula is C13H15Cl3N2O2S. The number of carbonyl (C=O) groups is 1. The molecule has 1 aliphatic heterocycles. The van der Waals surface area contributed by atoms with Crippen LogP contribution < -0.4 is 4.31 Å². The zero-order valence-electron chi connectivity index (χ0n) is 11.6. The number of methoxy groups -OCH3 is 1. The third kappa shape index (κ3) is 4.11. The maximum atomic E-state index is 11.5. The van der Waals surface area contributed by atoms with Crippen molar-refractivity contribution in [2.24, 2.45) is 0 Å². The Balaban J connectivity index is 2.20. The van der Waals surface area contributed by atoms with Gasteiger partial charge >= 0.3 is 5.97 Å². The predicted octanol–water partition coefficient (Wildman–Crippen LogP) is 4.28. The number of rotatable bonds is 3. The molecule has 116 valence electrons. The van der Waals surface area contributed by atoms with Gasteiger partial charge in [0.15, 0.2) is 0 Å². The van der Waals surface area contributed by atoms with Gasteiger partial charge in [0.05, 0.1) is 22.8 Å². The van der Waals surface area contributed by atoms with Crippen molar-refractivity contribution in [2.75, 3.05) is 24.5 Å². The van der Waals surface area contributed by atoms with E-state index < -0.39 is 0 Å². The topological polar surface area (TPSA) is 32.8 Å². The van der Waals surface area contributed by atoms with Crippen LogP contribution in [0.2, 0.25) is 15.1 Å². The molecule has 2 rings (SSSR count). The summed E-state index contributed by atoms with van der Waals surface area (Å²) in [4.78, 5) is 11.5. The Labute approximate surface area is 143 Å². The van der Waals surface area contributed by atoms with Crippen LogP contribution in [0.3, 0.4) is 0 Å². The molecule has 0 aliphatic carbocycles. The minimum Gasteiger partial charge on any atom is -0.468 e. The molecule has 1 heterocycles. The van der Waals surface area contributed by atoms with E-state index in [4.69, 9.17) is 39.5 Å². The molecule has 1 saturated heterocycles. The zero-order chi connectivity index (χ0) is 15.6. The fraction of sp³-hybridized carbons (Fsp3) is 0.462. The number of carbonyl (C=O) groups excluding carboxylic acids is 1. The summed E-state index contributed by atoms with van der Waals surface area (Å²) in [6.45, 7) is 3.06. The van der Waals surface area contributed by atoms with Gasteiger partial charge < -0.3 is 9.04 Å². The van der Waals surface area contributed by atoms with Gasteiger partial charge in [-0.1, -0.05) is 34.8 Å². The van der Waals surface area contributed by atoms with E-state index in [0.717, 1.165) is 18.7 Å². The second kappa shape index (κ2) is 7.29. The lowest BCUT2D eigenvalue weighted by atomic mass is 10.2. The standard InChI is InChI=1S/C13H15Cl3N2O2S/c1-8-3-4-17(21-18(8)7-12(19)20-2)13-10(15)5-9(14)6-11(13)16/h5-6,8H,3-4,7H2,1-2H3. The molecule has 0 saturated carbocycles. The molecule has 1 fully saturated rings. The van der Waals surface area contributed by atoms with Gasteiger partial charge in [-0.2, -0.15) is 0 Å². The molecular weight excluding hydrogens is 355 g/mol. The molecule has 0 N–H and O–H groups in total. The number of anilines is 1. The van der Waals surface area contributed by atoms with Crippen molar-refractivity contribution in [3.63, 3.8) is 0 Å². The van der Waals surface area contributed by atoms with Crippen LogP contribution >= 0.6 is 46.9 Å². The quantitative estimate of drug-likeness (QED) is 0.586. The third-order valence-corrected chi connectivity index (χ3v) is 5.24. The van der Waals surface area contributed by atoms with Crippen molar-refractivity contribution < 1.29 is 9.53 Å². The Morgan fingerprint density at radius 2 is 2.00 bits per heavy atom. The number of hydrogen-bond donors (Lipinski definition) is 0. The summed E-state index contributed by atoms with van der Waals surface area (Å²) in [6, 6.07) is 3.58. The molecule has 1 aromatic carbocycles. The molecule has 4 nitrogen and oxygen atoms in total. The lowest BCUT2D eigenvalue weighted by Gasteiger charge is -2.39. The predicted molar refractivity (Wildman–Crippen MR) is 89.2 cm³/mol. The molecule has 1 atom stereocenters. The van der Waals surface area contributed by atoms with Crippen LogP contribution in [0.1, 0.15) is 13.3 Å². The number of halogens is 3. The summed E-state index contributed by atoms with van der Waals surface area (Å²) >= 11 is 19.9. The third-order valence-electron chi connectivity index (χ3n) is 3.19. The molecule has 1 aliphatic rings. The summed E-state index contributed by atoms with van der Waals surface area (Å²) in [6.07, 6.45) is 0.888. The lowest BCUT2D eigenvalue weighted by Crippen LogP contribution is -2.42. The highest BCUT2D eigenvalue weighted by Gasteiger charge is 2.29. The average Bonchev–Trinajstić information content (AvgIpc) is 2.41. The van der Waals surface area contributed by atoms with Crippen molar-refractivity contribution in [1.82, 2.24) is 4.31 Å². The van der Waals surface area contributed by atoms with Crippen LogP contribution in [0.15, 0.2) is 12.1 Å². The Kier molecular flexibility index (Phi) is 5.91. The number of benzene rings is 1. The van der Waals surface area contributed by atoms with Crippen LogP contribution in [0.25, 0.3) is 0 Å². The molecule has 0 radical (unpaired) electrons. The number of ether oxygens (including phenoxy) is 1. The molecule has 0 bridgehead atoms. The Hall–Kier alpha value is -0.330. The van der Waals surface area contributed by atoms with Crippen LogP contribution in [0.5, 0.6) is 0 Å². The fourth-order valence-corrected chi connectivity index (χ4v) is 4.27. The Morgan fingerprint density at radius 1 is 1.38 bits per heavy atom. The maximum absolute atomic E-state index is 11.5. The van der Waals surface area contributed by atoms with Gasteiger partial charge in [0.25, 0.3) is 0 Å². The van der Waals surface area contributed by atoms with Gasteiger partial charge in [-0.05, 0) is 25.5 Å².